The molecule has 0 aliphatic carbocycles. The molecule has 1 saturated heterocycles. The normalized spacial score (nSPS) is 15.3. The lowest BCUT2D eigenvalue weighted by Gasteiger charge is -2.28. The van der Waals surface area contributed by atoms with Crippen molar-refractivity contribution in [2.24, 2.45) is 0 Å². The van der Waals surface area contributed by atoms with Gasteiger partial charge in [0.1, 0.15) is 0 Å². The lowest BCUT2D eigenvalue weighted by atomic mass is 10.1. The maximum Gasteiger partial charge on any atom is 0.0552 e. The number of rotatable bonds is 2. The second kappa shape index (κ2) is 8.09. The van der Waals surface area contributed by atoms with Crippen molar-refractivity contribution >= 4 is 5.69 Å². The van der Waals surface area contributed by atoms with Gasteiger partial charge in [-0.2, -0.15) is 0 Å². The highest BCUT2D eigenvalue weighted by atomic mass is 16.3. The van der Waals surface area contributed by atoms with Crippen LogP contribution in [-0.4, -0.2) is 29.3 Å². The minimum absolute atomic E-state index is 0.167. The fraction of sp³-hybridized carbons (Fsp3) is 0.667. The minimum atomic E-state index is -0.167. The molecule has 0 unspecified atom stereocenters. The van der Waals surface area contributed by atoms with Gasteiger partial charge in [-0.05, 0) is 51.7 Å². The molecular weight excluding hydrogens is 224 g/mol. The third-order valence-electron chi connectivity index (χ3n) is 2.89. The van der Waals surface area contributed by atoms with E-state index >= 15 is 0 Å². The van der Waals surface area contributed by atoms with Crippen LogP contribution in [0.2, 0.25) is 0 Å². The van der Waals surface area contributed by atoms with Crippen molar-refractivity contribution in [3.05, 3.63) is 24.0 Å². The van der Waals surface area contributed by atoms with E-state index in [0.717, 1.165) is 6.42 Å². The van der Waals surface area contributed by atoms with Gasteiger partial charge in [-0.15, -0.1) is 0 Å². The Morgan fingerprint density at radius 3 is 2.28 bits per heavy atom. The van der Waals surface area contributed by atoms with Gasteiger partial charge in [-0.3, -0.25) is 4.98 Å². The van der Waals surface area contributed by atoms with Gasteiger partial charge >= 0.3 is 0 Å². The molecule has 3 heteroatoms. The Hall–Kier alpha value is -1.09. The van der Waals surface area contributed by atoms with Crippen LogP contribution in [-0.2, 0) is 6.42 Å². The van der Waals surface area contributed by atoms with Crippen LogP contribution >= 0.6 is 0 Å². The summed E-state index contributed by atoms with van der Waals surface area (Å²) in [7, 11) is 0. The van der Waals surface area contributed by atoms with E-state index < -0.39 is 0 Å². The topological polar surface area (TPSA) is 36.4 Å². The van der Waals surface area contributed by atoms with Crippen LogP contribution in [0.4, 0.5) is 5.69 Å². The van der Waals surface area contributed by atoms with Gasteiger partial charge in [0.15, 0.2) is 0 Å². The molecule has 0 atom stereocenters. The molecule has 0 radical (unpaired) electrons. The van der Waals surface area contributed by atoms with Gasteiger partial charge in [-0.25, -0.2) is 0 Å². The molecule has 2 heterocycles. The van der Waals surface area contributed by atoms with E-state index in [-0.39, 0.29) is 6.10 Å². The number of aliphatic hydroxyl groups is 1. The molecule has 18 heavy (non-hydrogen) atoms. The number of piperidine rings is 1. The third-order valence-corrected chi connectivity index (χ3v) is 2.89. The molecule has 1 aromatic heterocycles. The first-order chi connectivity index (χ1) is 8.63. The van der Waals surface area contributed by atoms with Crippen molar-refractivity contribution < 1.29 is 5.11 Å². The fourth-order valence-corrected chi connectivity index (χ4v) is 1.96. The highest BCUT2D eigenvalue weighted by molar-refractivity contribution is 5.44. The van der Waals surface area contributed by atoms with Gasteiger partial charge in [0.05, 0.1) is 11.9 Å². The zero-order chi connectivity index (χ0) is 13.4. The van der Waals surface area contributed by atoms with E-state index in [0.29, 0.717) is 0 Å². The second-order valence-electron chi connectivity index (χ2n) is 5.00. The van der Waals surface area contributed by atoms with Crippen LogP contribution in [0.15, 0.2) is 18.3 Å². The van der Waals surface area contributed by atoms with E-state index in [1.54, 1.807) is 13.8 Å². The summed E-state index contributed by atoms with van der Waals surface area (Å²) in [6.07, 6.45) is 6.92. The van der Waals surface area contributed by atoms with Crippen molar-refractivity contribution in [1.82, 2.24) is 4.98 Å². The summed E-state index contributed by atoms with van der Waals surface area (Å²) >= 11 is 0. The number of anilines is 1. The summed E-state index contributed by atoms with van der Waals surface area (Å²) in [6.45, 7) is 7.99. The van der Waals surface area contributed by atoms with Crippen molar-refractivity contribution in [2.75, 3.05) is 18.0 Å². The van der Waals surface area contributed by atoms with Crippen molar-refractivity contribution in [1.29, 1.82) is 0 Å². The second-order valence-corrected chi connectivity index (χ2v) is 5.00. The molecule has 1 aliphatic heterocycles. The molecule has 3 nitrogen and oxygen atoms in total. The Bertz CT molecular complexity index is 313. The van der Waals surface area contributed by atoms with E-state index in [2.05, 4.69) is 28.9 Å². The highest BCUT2D eigenvalue weighted by Gasteiger charge is 2.10. The molecule has 1 aliphatic rings. The molecular formula is C15H26N2O. The highest BCUT2D eigenvalue weighted by Crippen LogP contribution is 2.18. The number of hydrogen-bond acceptors (Lipinski definition) is 3. The lowest BCUT2D eigenvalue weighted by Crippen LogP contribution is -2.29. The van der Waals surface area contributed by atoms with E-state index in [9.17, 15) is 0 Å². The van der Waals surface area contributed by atoms with Gasteiger partial charge < -0.3 is 10.0 Å². The molecule has 0 saturated carbocycles. The number of aryl methyl sites for hydroxylation is 1. The molecule has 0 aromatic carbocycles. The van der Waals surface area contributed by atoms with Crippen LogP contribution < -0.4 is 4.90 Å². The molecule has 2 rings (SSSR count). The Morgan fingerprint density at radius 2 is 1.83 bits per heavy atom. The van der Waals surface area contributed by atoms with Crippen LogP contribution in [0.3, 0.4) is 0 Å². The molecule has 0 amide bonds. The number of pyridine rings is 1. The maximum absolute atomic E-state index is 8.06. The Labute approximate surface area is 111 Å². The predicted octanol–water partition coefficient (Wildman–Crippen LogP) is 3.02. The molecule has 1 fully saturated rings. The zero-order valence-electron chi connectivity index (χ0n) is 11.9. The first-order valence-electron chi connectivity index (χ1n) is 7.01. The Balaban J connectivity index is 0.000000357. The van der Waals surface area contributed by atoms with E-state index in [1.165, 1.54) is 43.7 Å². The molecule has 0 spiro atoms. The number of aliphatic hydroxyl groups excluding tert-OH is 1. The first kappa shape index (κ1) is 15.0. The first-order valence-corrected chi connectivity index (χ1v) is 7.01. The quantitative estimate of drug-likeness (QED) is 0.876. The number of hydrogen-bond donors (Lipinski definition) is 1. The summed E-state index contributed by atoms with van der Waals surface area (Å²) in [5, 5.41) is 8.06. The Morgan fingerprint density at radius 1 is 1.22 bits per heavy atom. The lowest BCUT2D eigenvalue weighted by molar-refractivity contribution is 0.216. The summed E-state index contributed by atoms with van der Waals surface area (Å²) in [6, 6.07) is 4.35. The van der Waals surface area contributed by atoms with Gasteiger partial charge in [-0.1, -0.05) is 6.92 Å². The van der Waals surface area contributed by atoms with E-state index in [1.807, 2.05) is 6.20 Å². The van der Waals surface area contributed by atoms with Crippen LogP contribution in [0.5, 0.6) is 0 Å². The number of nitrogens with zero attached hydrogens (tertiary/aromatic N) is 2. The van der Waals surface area contributed by atoms with Gasteiger partial charge in [0, 0.05) is 24.9 Å². The molecule has 0 bridgehead atoms. The monoisotopic (exact) mass is 250 g/mol. The van der Waals surface area contributed by atoms with Crippen molar-refractivity contribution in [3.8, 4) is 0 Å². The zero-order valence-corrected chi connectivity index (χ0v) is 11.9. The Kier molecular flexibility index (Phi) is 6.73. The predicted molar refractivity (Wildman–Crippen MR) is 77.0 cm³/mol. The summed E-state index contributed by atoms with van der Waals surface area (Å²) in [5.41, 5.74) is 2.48. The maximum atomic E-state index is 8.06. The fourth-order valence-electron chi connectivity index (χ4n) is 1.96. The van der Waals surface area contributed by atoms with Crippen LogP contribution in [0.25, 0.3) is 0 Å². The van der Waals surface area contributed by atoms with E-state index in [4.69, 9.17) is 5.11 Å². The number of aromatic nitrogens is 1. The SMILES string of the molecule is CC(C)O.CCc1ccc(N2CCCCC2)cn1. The third kappa shape index (κ3) is 5.50. The van der Waals surface area contributed by atoms with Crippen LogP contribution in [0.1, 0.15) is 45.7 Å². The van der Waals surface area contributed by atoms with Crippen molar-refractivity contribution in [3.63, 3.8) is 0 Å². The largest absolute Gasteiger partial charge is 0.394 e. The summed E-state index contributed by atoms with van der Waals surface area (Å²) < 4.78 is 0. The standard InChI is InChI=1S/C12H18N2.C3H8O/c1-2-11-6-7-12(10-13-11)14-8-4-3-5-9-14;1-3(2)4/h6-7,10H,2-5,8-9H2,1H3;3-4H,1-2H3. The van der Waals surface area contributed by atoms with Gasteiger partial charge in [0.25, 0.3) is 0 Å². The molecule has 1 N–H and O–H groups in total. The minimum Gasteiger partial charge on any atom is -0.394 e. The average Bonchev–Trinajstić information content (AvgIpc) is 2.39. The van der Waals surface area contributed by atoms with Crippen LogP contribution in [0, 0.1) is 0 Å². The molecule has 1 aromatic rings. The molecule has 102 valence electrons. The summed E-state index contributed by atoms with van der Waals surface area (Å²) in [4.78, 5) is 6.87. The smallest absolute Gasteiger partial charge is 0.0552 e. The average molecular weight is 250 g/mol. The summed E-state index contributed by atoms with van der Waals surface area (Å²) in [5.74, 6) is 0. The van der Waals surface area contributed by atoms with Crippen molar-refractivity contribution in [2.45, 2.75) is 52.6 Å². The van der Waals surface area contributed by atoms with Gasteiger partial charge in [0.2, 0.25) is 0 Å².